The van der Waals surface area contributed by atoms with E-state index in [4.69, 9.17) is 16.3 Å². The van der Waals surface area contributed by atoms with Crippen molar-refractivity contribution in [3.05, 3.63) is 29.0 Å². The van der Waals surface area contributed by atoms with E-state index >= 15 is 0 Å². The molecule has 3 saturated carbocycles. The largest absolute Gasteiger partial charge is 0.484 e. The number of rotatable bonds is 6. The van der Waals surface area contributed by atoms with Crippen LogP contribution in [0.15, 0.2) is 18.2 Å². The topological polar surface area (TPSA) is 99.7 Å². The normalized spacial score (nSPS) is 32.7. The molecule has 1 heterocycles. The maximum atomic E-state index is 13.5. The molecule has 1 aromatic rings. The van der Waals surface area contributed by atoms with Crippen LogP contribution in [0.5, 0.6) is 5.75 Å². The monoisotopic (exact) mass is 521 g/mol. The fraction of sp³-hybridized carbons (Fsp3) is 0.652. The number of aliphatic hydroxyl groups is 1. The van der Waals surface area contributed by atoms with E-state index in [-0.39, 0.29) is 49.1 Å². The third-order valence-electron chi connectivity index (χ3n) is 7.55. The molecule has 12 heteroatoms. The van der Waals surface area contributed by atoms with Crippen LogP contribution in [0.2, 0.25) is 5.02 Å². The van der Waals surface area contributed by atoms with Crippen LogP contribution in [0.4, 0.5) is 17.6 Å². The van der Waals surface area contributed by atoms with Crippen LogP contribution in [-0.4, -0.2) is 59.5 Å². The Morgan fingerprint density at radius 3 is 2.46 bits per heavy atom. The van der Waals surface area contributed by atoms with Crippen molar-refractivity contribution in [1.82, 2.24) is 16.0 Å². The van der Waals surface area contributed by atoms with Crippen molar-refractivity contribution >= 4 is 23.4 Å². The summed E-state index contributed by atoms with van der Waals surface area (Å²) in [6.45, 7) is -0.666. The quantitative estimate of drug-likeness (QED) is 0.432. The van der Waals surface area contributed by atoms with Crippen LogP contribution < -0.4 is 20.7 Å². The molecule has 7 nitrogen and oxygen atoms in total. The van der Waals surface area contributed by atoms with Gasteiger partial charge in [-0.1, -0.05) is 11.6 Å². The van der Waals surface area contributed by atoms with Crippen LogP contribution in [0.25, 0.3) is 0 Å². The van der Waals surface area contributed by atoms with E-state index in [1.165, 1.54) is 12.1 Å². The van der Waals surface area contributed by atoms with E-state index in [1.807, 2.05) is 0 Å². The van der Waals surface area contributed by atoms with E-state index in [0.29, 0.717) is 25.7 Å². The summed E-state index contributed by atoms with van der Waals surface area (Å²) in [6.07, 6.45) is -3.14. The Kier molecular flexibility index (Phi) is 7.23. The summed E-state index contributed by atoms with van der Waals surface area (Å²) >= 11 is 5.63. The van der Waals surface area contributed by atoms with Gasteiger partial charge in [-0.3, -0.25) is 9.59 Å². The van der Waals surface area contributed by atoms with Crippen molar-refractivity contribution < 1.29 is 37.0 Å². The summed E-state index contributed by atoms with van der Waals surface area (Å²) in [7, 11) is 0. The lowest BCUT2D eigenvalue weighted by Gasteiger charge is -2.56. The summed E-state index contributed by atoms with van der Waals surface area (Å²) in [6, 6.07) is 3.13. The van der Waals surface area contributed by atoms with Crippen LogP contribution in [0.1, 0.15) is 44.9 Å². The average Bonchev–Trinajstić information content (AvgIpc) is 2.80. The fourth-order valence-electron chi connectivity index (χ4n) is 5.40. The number of hydrogen-bond donors (Lipinski definition) is 4. The molecule has 3 atom stereocenters. The predicted octanol–water partition coefficient (Wildman–Crippen LogP) is 2.84. The van der Waals surface area contributed by atoms with Crippen molar-refractivity contribution in [3.8, 4) is 5.75 Å². The SMILES string of the molecule is O=C(COc1ccc(Cl)c(F)c1)NC12CCC(NC(=O)C3CCC(C(F)(F)F)CN3)(CC1)C[C@@H]2O. The molecule has 1 saturated heterocycles. The highest BCUT2D eigenvalue weighted by atomic mass is 35.5. The number of piperidine rings is 1. The zero-order valence-corrected chi connectivity index (χ0v) is 19.6. The zero-order chi connectivity index (χ0) is 25.4. The third-order valence-corrected chi connectivity index (χ3v) is 7.86. The molecule has 194 valence electrons. The molecule has 35 heavy (non-hydrogen) atoms. The Morgan fingerprint density at radius 1 is 1.17 bits per heavy atom. The molecule has 3 aliphatic carbocycles. The van der Waals surface area contributed by atoms with Gasteiger partial charge in [-0.2, -0.15) is 13.2 Å². The van der Waals surface area contributed by atoms with Gasteiger partial charge in [0.25, 0.3) is 5.91 Å². The summed E-state index contributed by atoms with van der Waals surface area (Å²) < 4.78 is 57.5. The molecule has 5 rings (SSSR count). The van der Waals surface area contributed by atoms with Gasteiger partial charge in [-0.05, 0) is 57.1 Å². The molecule has 4 fully saturated rings. The first-order valence-corrected chi connectivity index (χ1v) is 12.0. The van der Waals surface area contributed by atoms with Gasteiger partial charge in [0.2, 0.25) is 5.91 Å². The Bertz CT molecular complexity index is 961. The Morgan fingerprint density at radius 2 is 1.89 bits per heavy atom. The highest BCUT2D eigenvalue weighted by Crippen LogP contribution is 2.47. The van der Waals surface area contributed by atoms with Gasteiger partial charge >= 0.3 is 6.18 Å². The fourth-order valence-corrected chi connectivity index (χ4v) is 5.52. The van der Waals surface area contributed by atoms with Crippen molar-refractivity contribution in [3.63, 3.8) is 0 Å². The number of carbonyl (C=O) groups excluding carboxylic acids is 2. The smallest absolute Gasteiger partial charge is 0.393 e. The molecule has 2 amide bonds. The van der Waals surface area contributed by atoms with E-state index in [9.17, 15) is 32.3 Å². The first-order chi connectivity index (χ1) is 16.4. The number of fused-ring (bicyclic) bond motifs is 3. The van der Waals surface area contributed by atoms with Gasteiger partial charge in [0, 0.05) is 18.2 Å². The lowest BCUT2D eigenvalue weighted by Crippen LogP contribution is -2.71. The lowest BCUT2D eigenvalue weighted by molar-refractivity contribution is -0.180. The van der Waals surface area contributed by atoms with E-state index in [0.717, 1.165) is 6.07 Å². The van der Waals surface area contributed by atoms with Crippen LogP contribution in [-0.2, 0) is 9.59 Å². The molecule has 0 aromatic heterocycles. The number of hydrogen-bond acceptors (Lipinski definition) is 5. The summed E-state index contributed by atoms with van der Waals surface area (Å²) in [4.78, 5) is 25.3. The number of carbonyl (C=O) groups is 2. The molecule has 1 aliphatic heterocycles. The minimum absolute atomic E-state index is 0.0615. The van der Waals surface area contributed by atoms with Gasteiger partial charge in [0.05, 0.1) is 28.6 Å². The molecule has 4 aliphatic rings. The third kappa shape index (κ3) is 5.67. The number of alkyl halides is 3. The highest BCUT2D eigenvalue weighted by Gasteiger charge is 2.55. The summed E-state index contributed by atoms with van der Waals surface area (Å²) in [5.41, 5.74) is -1.52. The minimum atomic E-state index is -4.28. The highest BCUT2D eigenvalue weighted by molar-refractivity contribution is 6.30. The van der Waals surface area contributed by atoms with E-state index in [2.05, 4.69) is 16.0 Å². The standard InChI is InChI=1S/C23H28ClF4N3O4/c24-15-3-2-14(9-16(15)25)35-12-19(33)30-22-7-5-21(6-8-22,10-18(22)32)31-20(34)17-4-1-13(11-29-17)23(26,27)28/h2-3,9,13,17-18,29,32H,1,4-8,10-12H2,(H,30,33)(H,31,34)/t13?,17?,18-,21?,22?/m0/s1. The van der Waals surface area contributed by atoms with Crippen molar-refractivity contribution in [2.24, 2.45) is 5.92 Å². The molecule has 4 N–H and O–H groups in total. The number of halogens is 5. The Hall–Kier alpha value is -2.11. The van der Waals surface area contributed by atoms with Gasteiger partial charge in [-0.15, -0.1) is 0 Å². The lowest BCUT2D eigenvalue weighted by atomic mass is 9.59. The molecule has 0 radical (unpaired) electrons. The van der Waals surface area contributed by atoms with Crippen molar-refractivity contribution in [2.75, 3.05) is 13.2 Å². The van der Waals surface area contributed by atoms with Crippen LogP contribution >= 0.6 is 11.6 Å². The number of benzene rings is 1. The molecule has 2 unspecified atom stereocenters. The van der Waals surface area contributed by atoms with Gasteiger partial charge in [0.1, 0.15) is 11.6 Å². The first-order valence-electron chi connectivity index (χ1n) is 11.6. The first kappa shape index (κ1) is 26.0. The number of aliphatic hydroxyl groups excluding tert-OH is 1. The molecular weight excluding hydrogens is 494 g/mol. The average molecular weight is 522 g/mol. The predicted molar refractivity (Wildman–Crippen MR) is 118 cm³/mol. The summed E-state index contributed by atoms with van der Waals surface area (Å²) in [5.74, 6) is -2.81. The van der Waals surface area contributed by atoms with Crippen molar-refractivity contribution in [1.29, 1.82) is 0 Å². The maximum Gasteiger partial charge on any atom is 0.393 e. The number of amides is 2. The Balaban J connectivity index is 1.28. The van der Waals surface area contributed by atoms with E-state index < -0.39 is 47.0 Å². The zero-order valence-electron chi connectivity index (χ0n) is 18.9. The Labute approximate surface area is 204 Å². The van der Waals surface area contributed by atoms with Crippen LogP contribution in [0.3, 0.4) is 0 Å². The summed E-state index contributed by atoms with van der Waals surface area (Å²) in [5, 5.41) is 19.3. The van der Waals surface area contributed by atoms with Gasteiger partial charge < -0.3 is 25.8 Å². The van der Waals surface area contributed by atoms with Crippen LogP contribution in [0, 0.1) is 11.7 Å². The van der Waals surface area contributed by atoms with Gasteiger partial charge in [0.15, 0.2) is 6.61 Å². The van der Waals surface area contributed by atoms with Crippen molar-refractivity contribution in [2.45, 2.75) is 74.3 Å². The minimum Gasteiger partial charge on any atom is -0.484 e. The maximum absolute atomic E-state index is 13.5. The van der Waals surface area contributed by atoms with E-state index in [1.54, 1.807) is 0 Å². The second kappa shape index (κ2) is 9.74. The van der Waals surface area contributed by atoms with Gasteiger partial charge in [-0.25, -0.2) is 4.39 Å². The number of nitrogens with one attached hydrogen (secondary N) is 3. The second-order valence-electron chi connectivity index (χ2n) is 9.84. The molecular formula is C23H28ClF4N3O4. The number of ether oxygens (including phenoxy) is 1. The molecule has 1 aromatic carbocycles. The molecule has 0 spiro atoms. The molecule has 2 bridgehead atoms. The second-order valence-corrected chi connectivity index (χ2v) is 10.2.